The van der Waals surface area contributed by atoms with E-state index in [1.54, 1.807) is 0 Å². The SMILES string of the molecule is CC1(NC(=O)COC2CNC2)CCOC1. The van der Waals surface area contributed by atoms with Crippen LogP contribution in [0.4, 0.5) is 0 Å². The fraction of sp³-hybridized carbons (Fsp3) is 0.900. The highest BCUT2D eigenvalue weighted by Crippen LogP contribution is 2.17. The van der Waals surface area contributed by atoms with E-state index in [4.69, 9.17) is 9.47 Å². The van der Waals surface area contributed by atoms with E-state index in [0.29, 0.717) is 6.61 Å². The smallest absolute Gasteiger partial charge is 0.246 e. The highest BCUT2D eigenvalue weighted by Gasteiger charge is 2.31. The quantitative estimate of drug-likeness (QED) is 0.648. The van der Waals surface area contributed by atoms with Gasteiger partial charge in [0.1, 0.15) is 6.61 Å². The Hall–Kier alpha value is -0.650. The molecule has 2 saturated heterocycles. The summed E-state index contributed by atoms with van der Waals surface area (Å²) in [5.41, 5.74) is -0.196. The first-order chi connectivity index (χ1) is 7.18. The summed E-state index contributed by atoms with van der Waals surface area (Å²) in [4.78, 5) is 11.5. The molecule has 0 spiro atoms. The lowest BCUT2D eigenvalue weighted by Crippen LogP contribution is -2.52. The third-order valence-corrected chi connectivity index (χ3v) is 2.85. The topological polar surface area (TPSA) is 59.6 Å². The normalized spacial score (nSPS) is 31.3. The van der Waals surface area contributed by atoms with Gasteiger partial charge in [0.2, 0.25) is 5.91 Å². The molecular weight excluding hydrogens is 196 g/mol. The van der Waals surface area contributed by atoms with Crippen LogP contribution in [0.2, 0.25) is 0 Å². The molecule has 0 radical (unpaired) electrons. The summed E-state index contributed by atoms with van der Waals surface area (Å²) in [5.74, 6) is -0.0464. The molecule has 0 bridgehead atoms. The van der Waals surface area contributed by atoms with Crippen LogP contribution in [0.5, 0.6) is 0 Å². The van der Waals surface area contributed by atoms with E-state index in [-0.39, 0.29) is 24.2 Å². The lowest BCUT2D eigenvalue weighted by Gasteiger charge is -2.28. The molecule has 1 amide bonds. The van der Waals surface area contributed by atoms with Gasteiger partial charge in [-0.1, -0.05) is 0 Å². The Bertz CT molecular complexity index is 235. The maximum Gasteiger partial charge on any atom is 0.246 e. The van der Waals surface area contributed by atoms with E-state index in [2.05, 4.69) is 10.6 Å². The first-order valence-corrected chi connectivity index (χ1v) is 5.39. The van der Waals surface area contributed by atoms with Gasteiger partial charge >= 0.3 is 0 Å². The molecule has 0 saturated carbocycles. The summed E-state index contributed by atoms with van der Waals surface area (Å²) in [6.07, 6.45) is 1.09. The second-order valence-corrected chi connectivity index (χ2v) is 4.50. The first-order valence-electron chi connectivity index (χ1n) is 5.39. The van der Waals surface area contributed by atoms with Gasteiger partial charge in [0.25, 0.3) is 0 Å². The summed E-state index contributed by atoms with van der Waals surface area (Å²) in [6.45, 7) is 5.19. The predicted molar refractivity (Wildman–Crippen MR) is 54.6 cm³/mol. The molecule has 0 aromatic carbocycles. The van der Waals surface area contributed by atoms with Gasteiger partial charge in [0.15, 0.2) is 0 Å². The fourth-order valence-electron chi connectivity index (χ4n) is 1.71. The van der Waals surface area contributed by atoms with Gasteiger partial charge in [-0.3, -0.25) is 4.79 Å². The van der Waals surface area contributed by atoms with Crippen molar-refractivity contribution < 1.29 is 14.3 Å². The molecule has 5 heteroatoms. The molecule has 2 N–H and O–H groups in total. The van der Waals surface area contributed by atoms with E-state index >= 15 is 0 Å². The number of rotatable bonds is 4. The summed E-state index contributed by atoms with van der Waals surface area (Å²) in [6, 6.07) is 0. The van der Waals surface area contributed by atoms with Crippen LogP contribution < -0.4 is 10.6 Å². The molecule has 0 aliphatic carbocycles. The Kier molecular flexibility index (Phi) is 3.23. The number of carbonyl (C=O) groups is 1. The molecule has 0 aromatic rings. The van der Waals surface area contributed by atoms with Crippen LogP contribution in [0, 0.1) is 0 Å². The molecule has 86 valence electrons. The van der Waals surface area contributed by atoms with Gasteiger partial charge in [-0.15, -0.1) is 0 Å². The van der Waals surface area contributed by atoms with Crippen LogP contribution >= 0.6 is 0 Å². The summed E-state index contributed by atoms with van der Waals surface area (Å²) < 4.78 is 10.6. The lowest BCUT2D eigenvalue weighted by molar-refractivity contribution is -0.130. The molecule has 0 aromatic heterocycles. The van der Waals surface area contributed by atoms with Crippen molar-refractivity contribution in [3.8, 4) is 0 Å². The van der Waals surface area contributed by atoms with Gasteiger partial charge in [0, 0.05) is 19.7 Å². The van der Waals surface area contributed by atoms with Crippen molar-refractivity contribution in [1.82, 2.24) is 10.6 Å². The highest BCUT2D eigenvalue weighted by atomic mass is 16.5. The largest absolute Gasteiger partial charge is 0.379 e. The summed E-state index contributed by atoms with van der Waals surface area (Å²) in [7, 11) is 0. The van der Waals surface area contributed by atoms with Crippen molar-refractivity contribution in [1.29, 1.82) is 0 Å². The molecule has 2 fully saturated rings. The van der Waals surface area contributed by atoms with Crippen molar-refractivity contribution in [2.45, 2.75) is 25.0 Å². The third kappa shape index (κ3) is 2.90. The second-order valence-electron chi connectivity index (χ2n) is 4.50. The molecular formula is C10H18N2O3. The Morgan fingerprint density at radius 3 is 3.00 bits per heavy atom. The summed E-state index contributed by atoms with van der Waals surface area (Å²) in [5, 5.41) is 6.04. The first kappa shape index (κ1) is 10.9. The van der Waals surface area contributed by atoms with Crippen LogP contribution in [0.25, 0.3) is 0 Å². The molecule has 1 unspecified atom stereocenters. The predicted octanol–water partition coefficient (Wildman–Crippen LogP) is -0.730. The van der Waals surface area contributed by atoms with Crippen molar-refractivity contribution in [2.75, 3.05) is 32.9 Å². The van der Waals surface area contributed by atoms with E-state index in [1.807, 2.05) is 6.92 Å². The van der Waals surface area contributed by atoms with Crippen LogP contribution in [0.3, 0.4) is 0 Å². The minimum absolute atomic E-state index is 0.0464. The van der Waals surface area contributed by atoms with Gasteiger partial charge in [-0.25, -0.2) is 0 Å². The third-order valence-electron chi connectivity index (χ3n) is 2.85. The minimum atomic E-state index is -0.196. The molecule has 2 heterocycles. The number of hydrogen-bond donors (Lipinski definition) is 2. The number of ether oxygens (including phenoxy) is 2. The fourth-order valence-corrected chi connectivity index (χ4v) is 1.71. The monoisotopic (exact) mass is 214 g/mol. The molecule has 2 aliphatic rings. The van der Waals surface area contributed by atoms with Gasteiger partial charge in [-0.05, 0) is 13.3 Å². The number of carbonyl (C=O) groups excluding carboxylic acids is 1. The molecule has 1 atom stereocenters. The van der Waals surface area contributed by atoms with Crippen LogP contribution in [0.1, 0.15) is 13.3 Å². The van der Waals surface area contributed by atoms with Crippen molar-refractivity contribution >= 4 is 5.91 Å². The molecule has 2 rings (SSSR count). The van der Waals surface area contributed by atoms with Crippen LogP contribution in [-0.2, 0) is 14.3 Å². The Labute approximate surface area is 89.5 Å². The second kappa shape index (κ2) is 4.47. The van der Waals surface area contributed by atoms with E-state index < -0.39 is 0 Å². The van der Waals surface area contributed by atoms with Crippen LogP contribution in [0.15, 0.2) is 0 Å². The maximum atomic E-state index is 11.5. The molecule has 15 heavy (non-hydrogen) atoms. The Balaban J connectivity index is 1.66. The minimum Gasteiger partial charge on any atom is -0.379 e. The van der Waals surface area contributed by atoms with E-state index in [1.165, 1.54) is 0 Å². The Morgan fingerprint density at radius 1 is 1.67 bits per heavy atom. The van der Waals surface area contributed by atoms with Gasteiger partial charge in [-0.2, -0.15) is 0 Å². The number of amides is 1. The average Bonchev–Trinajstić information content (AvgIpc) is 2.49. The lowest BCUT2D eigenvalue weighted by atomic mass is 10.0. The van der Waals surface area contributed by atoms with Crippen molar-refractivity contribution in [3.63, 3.8) is 0 Å². The molecule has 2 aliphatic heterocycles. The standard InChI is InChI=1S/C10H18N2O3/c1-10(2-3-14-7-10)12-9(13)6-15-8-4-11-5-8/h8,11H,2-7H2,1H3,(H,12,13). The van der Waals surface area contributed by atoms with E-state index in [0.717, 1.165) is 26.1 Å². The van der Waals surface area contributed by atoms with Crippen molar-refractivity contribution in [3.05, 3.63) is 0 Å². The zero-order chi connectivity index (χ0) is 10.7. The van der Waals surface area contributed by atoms with Gasteiger partial charge in [0.05, 0.1) is 18.2 Å². The van der Waals surface area contributed by atoms with Crippen molar-refractivity contribution in [2.24, 2.45) is 0 Å². The van der Waals surface area contributed by atoms with Gasteiger partial charge < -0.3 is 20.1 Å². The number of hydrogen-bond acceptors (Lipinski definition) is 4. The number of nitrogens with one attached hydrogen (secondary N) is 2. The average molecular weight is 214 g/mol. The Morgan fingerprint density at radius 2 is 2.47 bits per heavy atom. The maximum absolute atomic E-state index is 11.5. The zero-order valence-corrected chi connectivity index (χ0v) is 9.04. The van der Waals surface area contributed by atoms with Crippen LogP contribution in [-0.4, -0.2) is 50.5 Å². The zero-order valence-electron chi connectivity index (χ0n) is 9.04. The molecule has 5 nitrogen and oxygen atoms in total. The highest BCUT2D eigenvalue weighted by molar-refractivity contribution is 5.78. The summed E-state index contributed by atoms with van der Waals surface area (Å²) >= 11 is 0. The van der Waals surface area contributed by atoms with E-state index in [9.17, 15) is 4.79 Å².